The minimum atomic E-state index is -0.998. The first-order valence-electron chi connectivity index (χ1n) is 3.97. The van der Waals surface area contributed by atoms with Gasteiger partial charge in [-0.15, -0.1) is 13.2 Å². The number of hydrogen-bond donors (Lipinski definition) is 1. The summed E-state index contributed by atoms with van der Waals surface area (Å²) in [5.74, 6) is -0.998. The molecule has 0 bridgehead atoms. The minimum Gasteiger partial charge on any atom is -0.333 e. The van der Waals surface area contributed by atoms with Gasteiger partial charge in [0.2, 0.25) is 5.91 Å². The smallest absolute Gasteiger partial charge is 0.225 e. The molecule has 3 heteroatoms. The number of rotatable bonds is 7. The second kappa shape index (κ2) is 5.94. The topological polar surface area (TPSA) is 44.5 Å². The monoisotopic (exact) mass is 171 g/mol. The molecule has 0 aromatic carbocycles. The van der Waals surface area contributed by atoms with Crippen molar-refractivity contribution in [2.24, 2.45) is 5.73 Å². The van der Waals surface area contributed by atoms with Gasteiger partial charge in [0.1, 0.15) is 0 Å². The van der Waals surface area contributed by atoms with Crippen molar-refractivity contribution in [3.05, 3.63) is 25.3 Å². The Balaban J connectivity index is 3.84. The molecule has 0 unspecified atom stereocenters. The van der Waals surface area contributed by atoms with Gasteiger partial charge >= 0.3 is 0 Å². The molecule has 0 rings (SSSR count). The normalized spacial score (nSPS) is 11.2. The van der Waals surface area contributed by atoms with Crippen LogP contribution >= 0.6 is 0 Å². The van der Waals surface area contributed by atoms with Crippen LogP contribution in [-0.4, -0.2) is 19.1 Å². The van der Waals surface area contributed by atoms with E-state index in [-0.39, 0.29) is 0 Å². The van der Waals surface area contributed by atoms with Crippen LogP contribution in [0, 0.1) is 0 Å². The van der Waals surface area contributed by atoms with Gasteiger partial charge in [0.15, 0.2) is 0 Å². The first-order valence-corrected chi connectivity index (χ1v) is 3.97. The molecule has 3 nitrogen and oxygen atoms in total. The molecule has 0 aromatic heterocycles. The molecule has 0 saturated carbocycles. The first kappa shape index (κ1) is 11.4. The van der Waals surface area contributed by atoms with Crippen LogP contribution in [0.5, 0.6) is 0 Å². The Bertz CT molecular complexity index is 133. The Morgan fingerprint density at radius 3 is 1.92 bits per heavy atom. The van der Waals surface area contributed by atoms with Gasteiger partial charge in [-0.2, -0.15) is 0 Å². The van der Waals surface area contributed by atoms with E-state index in [1.807, 2.05) is 6.92 Å². The van der Waals surface area contributed by atoms with Crippen LogP contribution in [0.25, 0.3) is 0 Å². The molecule has 0 aromatic rings. The van der Waals surface area contributed by atoms with E-state index >= 15 is 0 Å². The van der Waals surface area contributed by atoms with Gasteiger partial charge in [-0.3, -0.25) is 5.73 Å². The van der Waals surface area contributed by atoms with Crippen molar-refractivity contribution in [3.63, 3.8) is 0 Å². The van der Waals surface area contributed by atoms with E-state index in [1.54, 1.807) is 12.2 Å². The molecule has 0 aliphatic heterocycles. The Morgan fingerprint density at radius 2 is 1.67 bits per heavy atom. The molecule has 70 valence electrons. The quantitative estimate of drug-likeness (QED) is 0.465. The number of ether oxygens (including phenoxy) is 2. The van der Waals surface area contributed by atoms with E-state index < -0.39 is 5.91 Å². The van der Waals surface area contributed by atoms with Gasteiger partial charge in [-0.05, 0) is 0 Å². The molecule has 0 amide bonds. The molecule has 0 aliphatic carbocycles. The Hall–Kier alpha value is -0.640. The summed E-state index contributed by atoms with van der Waals surface area (Å²) in [6.45, 7) is 9.72. The SMILES string of the molecule is C=CCOC(N)(CC)OCC=C. The van der Waals surface area contributed by atoms with Crippen molar-refractivity contribution in [1.29, 1.82) is 0 Å². The molecule has 0 atom stereocenters. The second-order valence-electron chi connectivity index (χ2n) is 2.36. The Kier molecular flexibility index (Phi) is 5.62. The van der Waals surface area contributed by atoms with Crippen LogP contribution in [-0.2, 0) is 9.47 Å². The van der Waals surface area contributed by atoms with Gasteiger partial charge in [-0.1, -0.05) is 19.1 Å². The number of nitrogens with two attached hydrogens (primary N) is 1. The fourth-order valence-electron chi connectivity index (χ4n) is 0.646. The second-order valence-corrected chi connectivity index (χ2v) is 2.36. The van der Waals surface area contributed by atoms with Crippen molar-refractivity contribution in [2.75, 3.05) is 13.2 Å². The third-order valence-corrected chi connectivity index (χ3v) is 1.38. The number of hydrogen-bond acceptors (Lipinski definition) is 3. The summed E-state index contributed by atoms with van der Waals surface area (Å²) >= 11 is 0. The van der Waals surface area contributed by atoms with E-state index in [4.69, 9.17) is 15.2 Å². The van der Waals surface area contributed by atoms with E-state index in [0.717, 1.165) is 0 Å². The summed E-state index contributed by atoms with van der Waals surface area (Å²) < 4.78 is 10.4. The Labute approximate surface area is 73.8 Å². The molecule has 2 N–H and O–H groups in total. The lowest BCUT2D eigenvalue weighted by atomic mass is 10.4. The van der Waals surface area contributed by atoms with Crippen LogP contribution < -0.4 is 5.73 Å². The maximum absolute atomic E-state index is 5.73. The maximum atomic E-state index is 5.73. The summed E-state index contributed by atoms with van der Waals surface area (Å²) in [6, 6.07) is 0. The molecular formula is C9H17NO2. The average Bonchev–Trinajstić information content (AvgIpc) is 2.11. The summed E-state index contributed by atoms with van der Waals surface area (Å²) in [7, 11) is 0. The maximum Gasteiger partial charge on any atom is 0.225 e. The molecule has 0 fully saturated rings. The van der Waals surface area contributed by atoms with Gasteiger partial charge in [0.25, 0.3) is 0 Å². The summed E-state index contributed by atoms with van der Waals surface area (Å²) in [5, 5.41) is 0. The van der Waals surface area contributed by atoms with E-state index in [1.165, 1.54) is 0 Å². The first-order chi connectivity index (χ1) is 5.68. The van der Waals surface area contributed by atoms with Crippen molar-refractivity contribution in [2.45, 2.75) is 19.3 Å². The highest BCUT2D eigenvalue weighted by molar-refractivity contribution is 4.71. The van der Waals surface area contributed by atoms with Gasteiger partial charge in [0.05, 0.1) is 13.2 Å². The molecule has 0 saturated heterocycles. The molecular weight excluding hydrogens is 154 g/mol. The zero-order valence-electron chi connectivity index (χ0n) is 7.58. The van der Waals surface area contributed by atoms with Crippen LogP contribution in [0.4, 0.5) is 0 Å². The van der Waals surface area contributed by atoms with E-state index in [9.17, 15) is 0 Å². The highest BCUT2D eigenvalue weighted by Crippen LogP contribution is 2.10. The van der Waals surface area contributed by atoms with Crippen LogP contribution in [0.2, 0.25) is 0 Å². The summed E-state index contributed by atoms with van der Waals surface area (Å²) in [5.41, 5.74) is 5.73. The predicted molar refractivity (Wildman–Crippen MR) is 49.5 cm³/mol. The largest absolute Gasteiger partial charge is 0.333 e. The fraction of sp³-hybridized carbons (Fsp3) is 0.556. The molecule has 0 heterocycles. The third kappa shape index (κ3) is 4.28. The van der Waals surface area contributed by atoms with E-state index in [2.05, 4.69) is 13.2 Å². The lowest BCUT2D eigenvalue weighted by Crippen LogP contribution is -2.45. The summed E-state index contributed by atoms with van der Waals surface area (Å²) in [6.07, 6.45) is 3.86. The van der Waals surface area contributed by atoms with Crippen molar-refractivity contribution < 1.29 is 9.47 Å². The van der Waals surface area contributed by atoms with Gasteiger partial charge in [0, 0.05) is 6.42 Å². The average molecular weight is 171 g/mol. The van der Waals surface area contributed by atoms with Gasteiger partial charge < -0.3 is 9.47 Å². The third-order valence-electron chi connectivity index (χ3n) is 1.38. The zero-order chi connectivity index (χ0) is 9.45. The predicted octanol–water partition coefficient (Wildman–Crippen LogP) is 1.41. The van der Waals surface area contributed by atoms with E-state index in [0.29, 0.717) is 19.6 Å². The fourth-order valence-corrected chi connectivity index (χ4v) is 0.646. The molecule has 0 aliphatic rings. The molecule has 0 radical (unpaired) electrons. The van der Waals surface area contributed by atoms with Gasteiger partial charge in [-0.25, -0.2) is 0 Å². The van der Waals surface area contributed by atoms with Crippen LogP contribution in [0.1, 0.15) is 13.3 Å². The zero-order valence-corrected chi connectivity index (χ0v) is 7.58. The lowest BCUT2D eigenvalue weighted by molar-refractivity contribution is -0.223. The minimum absolute atomic E-state index is 0.390. The standard InChI is InChI=1S/C9H17NO2/c1-4-7-11-9(10,6-3)12-8-5-2/h4-5H,1-2,6-8,10H2,3H3. The van der Waals surface area contributed by atoms with Crippen LogP contribution in [0.15, 0.2) is 25.3 Å². The lowest BCUT2D eigenvalue weighted by Gasteiger charge is -2.27. The summed E-state index contributed by atoms with van der Waals surface area (Å²) in [4.78, 5) is 0. The Morgan fingerprint density at radius 1 is 1.25 bits per heavy atom. The van der Waals surface area contributed by atoms with Crippen LogP contribution in [0.3, 0.4) is 0 Å². The van der Waals surface area contributed by atoms with Crippen molar-refractivity contribution in [3.8, 4) is 0 Å². The highest BCUT2D eigenvalue weighted by Gasteiger charge is 2.22. The molecule has 12 heavy (non-hydrogen) atoms. The van der Waals surface area contributed by atoms with Crippen molar-refractivity contribution >= 4 is 0 Å². The molecule has 0 spiro atoms. The van der Waals surface area contributed by atoms with Crippen molar-refractivity contribution in [1.82, 2.24) is 0 Å². The highest BCUT2D eigenvalue weighted by atomic mass is 16.7.